The molecule has 0 spiro atoms. The zero-order valence-corrected chi connectivity index (χ0v) is 12.6. The van der Waals surface area contributed by atoms with Crippen molar-refractivity contribution in [2.24, 2.45) is 0 Å². The van der Waals surface area contributed by atoms with Crippen molar-refractivity contribution in [2.75, 3.05) is 17.7 Å². The van der Waals surface area contributed by atoms with Crippen LogP contribution in [0, 0.1) is 0 Å². The van der Waals surface area contributed by atoms with Crippen LogP contribution >= 0.6 is 0 Å². The van der Waals surface area contributed by atoms with E-state index in [-0.39, 0.29) is 5.41 Å². The fraction of sp³-hybridized carbons (Fsp3) is 0.733. The van der Waals surface area contributed by atoms with Crippen molar-refractivity contribution in [1.29, 1.82) is 0 Å². The van der Waals surface area contributed by atoms with Crippen LogP contribution in [0.1, 0.15) is 58.7 Å². The molecule has 0 aliphatic heterocycles. The van der Waals surface area contributed by atoms with Gasteiger partial charge in [-0.15, -0.1) is 0 Å². The van der Waals surface area contributed by atoms with E-state index in [0.29, 0.717) is 11.9 Å². The van der Waals surface area contributed by atoms with Gasteiger partial charge in [0.2, 0.25) is 0 Å². The lowest BCUT2D eigenvalue weighted by Gasteiger charge is -2.32. The zero-order chi connectivity index (χ0) is 14.0. The quantitative estimate of drug-likeness (QED) is 0.889. The Balaban J connectivity index is 2.26. The van der Waals surface area contributed by atoms with Crippen LogP contribution in [0.3, 0.4) is 0 Å². The minimum absolute atomic E-state index is 0.0719. The second kappa shape index (κ2) is 5.35. The normalized spacial score (nSPS) is 17.5. The van der Waals surface area contributed by atoms with E-state index in [2.05, 4.69) is 37.7 Å². The molecule has 0 radical (unpaired) electrons. The molecular formula is C15H26N4. The van der Waals surface area contributed by atoms with Gasteiger partial charge in [0.1, 0.15) is 17.5 Å². The molecule has 1 heterocycles. The molecule has 106 valence electrons. The van der Waals surface area contributed by atoms with Crippen molar-refractivity contribution in [1.82, 2.24) is 9.97 Å². The summed E-state index contributed by atoms with van der Waals surface area (Å²) in [7, 11) is 2.13. The molecular weight excluding hydrogens is 236 g/mol. The van der Waals surface area contributed by atoms with E-state index in [4.69, 9.17) is 10.7 Å². The van der Waals surface area contributed by atoms with E-state index < -0.39 is 0 Å². The average Bonchev–Trinajstić information content (AvgIpc) is 2.37. The molecule has 19 heavy (non-hydrogen) atoms. The summed E-state index contributed by atoms with van der Waals surface area (Å²) in [4.78, 5) is 11.4. The predicted octanol–water partition coefficient (Wildman–Crippen LogP) is 3.13. The number of hydrogen-bond acceptors (Lipinski definition) is 4. The van der Waals surface area contributed by atoms with Gasteiger partial charge in [0.15, 0.2) is 0 Å². The number of nitrogens with two attached hydrogens (primary N) is 1. The molecule has 0 unspecified atom stereocenters. The Bertz CT molecular complexity index is 430. The van der Waals surface area contributed by atoms with Gasteiger partial charge in [0.05, 0.1) is 0 Å². The van der Waals surface area contributed by atoms with Gasteiger partial charge in [-0.3, -0.25) is 0 Å². The Morgan fingerprint density at radius 3 is 2.37 bits per heavy atom. The van der Waals surface area contributed by atoms with Crippen molar-refractivity contribution in [2.45, 2.75) is 64.3 Å². The van der Waals surface area contributed by atoms with Crippen molar-refractivity contribution < 1.29 is 0 Å². The van der Waals surface area contributed by atoms with Crippen LogP contribution in [0.4, 0.5) is 11.6 Å². The zero-order valence-electron chi connectivity index (χ0n) is 12.6. The lowest BCUT2D eigenvalue weighted by Crippen LogP contribution is -2.34. The van der Waals surface area contributed by atoms with Crippen LogP contribution in [0.15, 0.2) is 6.07 Å². The smallest absolute Gasteiger partial charge is 0.138 e. The van der Waals surface area contributed by atoms with Crippen molar-refractivity contribution >= 4 is 11.6 Å². The maximum atomic E-state index is 5.95. The van der Waals surface area contributed by atoms with Gasteiger partial charge >= 0.3 is 0 Å². The van der Waals surface area contributed by atoms with Gasteiger partial charge < -0.3 is 10.6 Å². The number of hydrogen-bond donors (Lipinski definition) is 1. The predicted molar refractivity (Wildman–Crippen MR) is 80.4 cm³/mol. The molecule has 1 aromatic heterocycles. The molecule has 2 rings (SSSR count). The highest BCUT2D eigenvalue weighted by Gasteiger charge is 2.23. The minimum atomic E-state index is -0.0719. The highest BCUT2D eigenvalue weighted by Crippen LogP contribution is 2.27. The third-order valence-corrected chi connectivity index (χ3v) is 3.89. The lowest BCUT2D eigenvalue weighted by atomic mass is 9.94. The van der Waals surface area contributed by atoms with Gasteiger partial charge in [0, 0.05) is 24.6 Å². The number of nitrogens with zero attached hydrogens (tertiary/aromatic N) is 3. The highest BCUT2D eigenvalue weighted by molar-refractivity contribution is 5.47. The van der Waals surface area contributed by atoms with Gasteiger partial charge in [-0.05, 0) is 12.8 Å². The number of anilines is 2. The summed E-state index contributed by atoms with van der Waals surface area (Å²) in [5, 5.41) is 0. The molecule has 0 saturated heterocycles. The van der Waals surface area contributed by atoms with Crippen molar-refractivity contribution in [3.8, 4) is 0 Å². The molecule has 1 saturated carbocycles. The van der Waals surface area contributed by atoms with Gasteiger partial charge in [0.25, 0.3) is 0 Å². The summed E-state index contributed by atoms with van der Waals surface area (Å²) < 4.78 is 0. The van der Waals surface area contributed by atoms with E-state index in [1.54, 1.807) is 0 Å². The Morgan fingerprint density at radius 2 is 1.79 bits per heavy atom. The Labute approximate surface area is 116 Å². The molecule has 4 nitrogen and oxygen atoms in total. The van der Waals surface area contributed by atoms with Crippen LogP contribution in [-0.2, 0) is 5.41 Å². The van der Waals surface area contributed by atoms with E-state index in [0.717, 1.165) is 11.6 Å². The van der Waals surface area contributed by atoms with Crippen LogP contribution in [-0.4, -0.2) is 23.1 Å². The second-order valence-electron chi connectivity index (χ2n) is 6.63. The van der Waals surface area contributed by atoms with Crippen molar-refractivity contribution in [3.63, 3.8) is 0 Å². The number of nitrogen functional groups attached to an aromatic ring is 1. The van der Waals surface area contributed by atoms with Crippen LogP contribution in [0.2, 0.25) is 0 Å². The minimum Gasteiger partial charge on any atom is -0.384 e. The largest absolute Gasteiger partial charge is 0.384 e. The summed E-state index contributed by atoms with van der Waals surface area (Å²) in [6.07, 6.45) is 6.52. The van der Waals surface area contributed by atoms with Crippen LogP contribution in [0.5, 0.6) is 0 Å². The maximum absolute atomic E-state index is 5.95. The molecule has 2 N–H and O–H groups in total. The molecule has 0 bridgehead atoms. The first kappa shape index (κ1) is 14.1. The van der Waals surface area contributed by atoms with Gasteiger partial charge in [-0.1, -0.05) is 40.0 Å². The summed E-state index contributed by atoms with van der Waals surface area (Å²) in [6, 6.07) is 2.49. The molecule has 1 aliphatic rings. The van der Waals surface area contributed by atoms with E-state index in [9.17, 15) is 0 Å². The molecule has 1 aromatic rings. The first-order valence-electron chi connectivity index (χ1n) is 7.26. The Hall–Kier alpha value is -1.32. The monoisotopic (exact) mass is 262 g/mol. The summed E-state index contributed by atoms with van der Waals surface area (Å²) in [5.74, 6) is 2.35. The van der Waals surface area contributed by atoms with Gasteiger partial charge in [-0.25, -0.2) is 9.97 Å². The third kappa shape index (κ3) is 3.37. The van der Waals surface area contributed by atoms with Crippen molar-refractivity contribution in [3.05, 3.63) is 11.9 Å². The Kier molecular flexibility index (Phi) is 3.97. The first-order chi connectivity index (χ1) is 8.88. The Morgan fingerprint density at radius 1 is 1.16 bits per heavy atom. The molecule has 1 fully saturated rings. The molecule has 0 aromatic carbocycles. The van der Waals surface area contributed by atoms with Crippen LogP contribution in [0.25, 0.3) is 0 Å². The topological polar surface area (TPSA) is 55.0 Å². The first-order valence-corrected chi connectivity index (χ1v) is 7.26. The second-order valence-corrected chi connectivity index (χ2v) is 6.63. The fourth-order valence-electron chi connectivity index (χ4n) is 2.62. The van der Waals surface area contributed by atoms with Gasteiger partial charge in [-0.2, -0.15) is 0 Å². The van der Waals surface area contributed by atoms with Crippen LogP contribution < -0.4 is 10.6 Å². The highest BCUT2D eigenvalue weighted by atomic mass is 15.2. The SMILES string of the molecule is CN(c1cc(N)nc(C(C)(C)C)n1)C1CCCCC1. The summed E-state index contributed by atoms with van der Waals surface area (Å²) >= 11 is 0. The maximum Gasteiger partial charge on any atom is 0.138 e. The molecule has 1 aliphatic carbocycles. The van der Waals surface area contributed by atoms with E-state index in [1.807, 2.05) is 6.07 Å². The number of aromatic nitrogens is 2. The fourth-order valence-corrected chi connectivity index (χ4v) is 2.62. The lowest BCUT2D eigenvalue weighted by molar-refractivity contribution is 0.425. The number of rotatable bonds is 2. The van der Waals surface area contributed by atoms with E-state index in [1.165, 1.54) is 32.1 Å². The molecule has 0 amide bonds. The standard InChI is InChI=1S/C15H26N4/c1-15(2,3)14-17-12(16)10-13(18-14)19(4)11-8-6-5-7-9-11/h10-11H,5-9H2,1-4H3,(H2,16,17,18). The summed E-state index contributed by atoms with van der Waals surface area (Å²) in [5.41, 5.74) is 5.87. The molecule has 0 atom stereocenters. The summed E-state index contributed by atoms with van der Waals surface area (Å²) in [6.45, 7) is 6.35. The van der Waals surface area contributed by atoms with E-state index >= 15 is 0 Å². The molecule has 4 heteroatoms. The third-order valence-electron chi connectivity index (χ3n) is 3.89. The average molecular weight is 262 g/mol.